The average Bonchev–Trinajstić information content (AvgIpc) is 3.20. The molecule has 0 radical (unpaired) electrons. The number of rotatable bonds is 5. The van der Waals surface area contributed by atoms with Crippen molar-refractivity contribution in [3.05, 3.63) is 35.3 Å². The minimum Gasteiger partial charge on any atom is -0.484 e. The van der Waals surface area contributed by atoms with Gasteiger partial charge in [0, 0.05) is 22.4 Å². The predicted molar refractivity (Wildman–Crippen MR) is 107 cm³/mol. The summed E-state index contributed by atoms with van der Waals surface area (Å²) in [7, 11) is -3.01. The molecule has 2 aromatic rings. The number of aromatic nitrogens is 1. The molecule has 0 spiro atoms. The number of carbonyl (C=O) groups excluding carboxylic acids is 1. The van der Waals surface area contributed by atoms with Crippen molar-refractivity contribution >= 4 is 27.1 Å². The summed E-state index contributed by atoms with van der Waals surface area (Å²) in [5, 5.41) is 5.73. The first-order chi connectivity index (χ1) is 12.6. The molecule has 1 aromatic carbocycles. The number of amides is 1. The number of hydrogen-bond donors (Lipinski definition) is 1. The standard InChI is InChI=1S/C19H24N2O4S2/c1-19(2,3)16-11-26-18(21-16)13-4-6-15(7-5-13)25-10-17(22)20-14-8-9-27(23,24)12-14/h4-7,11,14H,8-10,12H2,1-3H3,(H,20,22)/t14-/m1/s1. The second kappa shape index (κ2) is 7.59. The summed E-state index contributed by atoms with van der Waals surface area (Å²) in [6.07, 6.45) is 0.465. The van der Waals surface area contributed by atoms with Gasteiger partial charge in [-0.15, -0.1) is 11.3 Å². The number of benzene rings is 1. The molecule has 0 bridgehead atoms. The van der Waals surface area contributed by atoms with Crippen molar-refractivity contribution in [1.29, 1.82) is 0 Å². The van der Waals surface area contributed by atoms with Crippen LogP contribution in [0, 0.1) is 0 Å². The summed E-state index contributed by atoms with van der Waals surface area (Å²) in [4.78, 5) is 16.6. The summed E-state index contributed by atoms with van der Waals surface area (Å²) < 4.78 is 28.3. The number of hydrogen-bond acceptors (Lipinski definition) is 6. The summed E-state index contributed by atoms with van der Waals surface area (Å²) in [5.41, 5.74) is 2.08. The van der Waals surface area contributed by atoms with Gasteiger partial charge < -0.3 is 10.1 Å². The van der Waals surface area contributed by atoms with Gasteiger partial charge in [-0.1, -0.05) is 20.8 Å². The lowest BCUT2D eigenvalue weighted by molar-refractivity contribution is -0.123. The van der Waals surface area contributed by atoms with Crippen LogP contribution in [0.15, 0.2) is 29.6 Å². The van der Waals surface area contributed by atoms with E-state index in [1.165, 1.54) is 0 Å². The zero-order valence-corrected chi connectivity index (χ0v) is 17.3. The van der Waals surface area contributed by atoms with Crippen LogP contribution >= 0.6 is 11.3 Å². The Morgan fingerprint density at radius 3 is 2.56 bits per heavy atom. The maximum absolute atomic E-state index is 11.9. The third kappa shape index (κ3) is 5.29. The molecular weight excluding hydrogens is 384 g/mol. The number of carbonyl (C=O) groups is 1. The third-order valence-electron chi connectivity index (χ3n) is 4.34. The van der Waals surface area contributed by atoms with Gasteiger partial charge in [0.05, 0.1) is 17.2 Å². The van der Waals surface area contributed by atoms with Crippen molar-refractivity contribution in [2.24, 2.45) is 0 Å². The van der Waals surface area contributed by atoms with Gasteiger partial charge in [-0.2, -0.15) is 0 Å². The highest BCUT2D eigenvalue weighted by Gasteiger charge is 2.28. The zero-order valence-electron chi connectivity index (χ0n) is 15.7. The van der Waals surface area contributed by atoms with Crippen LogP contribution in [0.2, 0.25) is 0 Å². The molecule has 2 heterocycles. The summed E-state index contributed by atoms with van der Waals surface area (Å²) >= 11 is 1.61. The van der Waals surface area contributed by atoms with E-state index >= 15 is 0 Å². The lowest BCUT2D eigenvalue weighted by Crippen LogP contribution is -2.38. The fraction of sp³-hybridized carbons (Fsp3) is 0.474. The molecule has 1 fully saturated rings. The van der Waals surface area contributed by atoms with Crippen LogP contribution in [-0.2, 0) is 20.0 Å². The number of ether oxygens (including phenoxy) is 1. The van der Waals surface area contributed by atoms with Crippen LogP contribution in [0.5, 0.6) is 5.75 Å². The Morgan fingerprint density at radius 2 is 2.00 bits per heavy atom. The van der Waals surface area contributed by atoms with E-state index in [0.29, 0.717) is 12.2 Å². The molecule has 0 aliphatic carbocycles. The van der Waals surface area contributed by atoms with Gasteiger partial charge in [0.15, 0.2) is 16.4 Å². The molecule has 1 aliphatic rings. The molecule has 1 aliphatic heterocycles. The highest BCUT2D eigenvalue weighted by Crippen LogP contribution is 2.30. The van der Waals surface area contributed by atoms with Crippen LogP contribution in [0.3, 0.4) is 0 Å². The van der Waals surface area contributed by atoms with Crippen molar-refractivity contribution in [2.45, 2.75) is 38.6 Å². The topological polar surface area (TPSA) is 85.4 Å². The summed E-state index contributed by atoms with van der Waals surface area (Å²) in [5.74, 6) is 0.419. The van der Waals surface area contributed by atoms with Gasteiger partial charge in [-0.25, -0.2) is 13.4 Å². The van der Waals surface area contributed by atoms with Crippen molar-refractivity contribution in [2.75, 3.05) is 18.1 Å². The van der Waals surface area contributed by atoms with Crippen LogP contribution < -0.4 is 10.1 Å². The van der Waals surface area contributed by atoms with Crippen molar-refractivity contribution in [1.82, 2.24) is 10.3 Å². The molecule has 6 nitrogen and oxygen atoms in total. The van der Waals surface area contributed by atoms with Crippen molar-refractivity contribution < 1.29 is 17.9 Å². The monoisotopic (exact) mass is 408 g/mol. The van der Waals surface area contributed by atoms with Gasteiger partial charge in [-0.05, 0) is 30.7 Å². The largest absolute Gasteiger partial charge is 0.484 e. The van der Waals surface area contributed by atoms with Crippen molar-refractivity contribution in [3.8, 4) is 16.3 Å². The molecule has 1 amide bonds. The Bertz CT molecular complexity index is 912. The first kappa shape index (κ1) is 19.8. The molecule has 1 saturated heterocycles. The van der Waals surface area contributed by atoms with Crippen LogP contribution in [0.25, 0.3) is 10.6 Å². The fourth-order valence-electron chi connectivity index (χ4n) is 2.77. The highest BCUT2D eigenvalue weighted by atomic mass is 32.2. The molecule has 27 heavy (non-hydrogen) atoms. The van der Waals surface area contributed by atoms with Gasteiger partial charge in [0.25, 0.3) is 5.91 Å². The molecule has 146 valence electrons. The van der Waals surface area contributed by atoms with Crippen LogP contribution in [-0.4, -0.2) is 43.5 Å². The van der Waals surface area contributed by atoms with E-state index in [1.54, 1.807) is 23.5 Å². The SMILES string of the molecule is CC(C)(C)c1csc(-c2ccc(OCC(=O)N[C@@H]3CCS(=O)(=O)C3)cc2)n1. The lowest BCUT2D eigenvalue weighted by atomic mass is 9.93. The normalized spacial score (nSPS) is 19.0. The second-order valence-electron chi connectivity index (χ2n) is 7.77. The Hall–Kier alpha value is -1.93. The Kier molecular flexibility index (Phi) is 5.58. The van der Waals surface area contributed by atoms with Gasteiger partial charge >= 0.3 is 0 Å². The Morgan fingerprint density at radius 1 is 1.30 bits per heavy atom. The van der Waals surface area contributed by atoms with Gasteiger partial charge in [0.2, 0.25) is 0 Å². The maximum atomic E-state index is 11.9. The van der Waals surface area contributed by atoms with Crippen molar-refractivity contribution in [3.63, 3.8) is 0 Å². The molecule has 0 saturated carbocycles. The van der Waals surface area contributed by atoms with E-state index in [9.17, 15) is 13.2 Å². The van der Waals surface area contributed by atoms with E-state index in [2.05, 4.69) is 36.5 Å². The molecule has 3 rings (SSSR count). The molecule has 1 N–H and O–H groups in total. The molecular formula is C19H24N2O4S2. The number of nitrogens with zero attached hydrogens (tertiary/aromatic N) is 1. The maximum Gasteiger partial charge on any atom is 0.258 e. The third-order valence-corrected chi connectivity index (χ3v) is 7.00. The van der Waals surface area contributed by atoms with E-state index < -0.39 is 9.84 Å². The van der Waals surface area contributed by atoms with E-state index in [-0.39, 0.29) is 35.5 Å². The average molecular weight is 409 g/mol. The zero-order chi connectivity index (χ0) is 19.7. The minimum absolute atomic E-state index is 0.0117. The summed E-state index contributed by atoms with van der Waals surface area (Å²) in [6.45, 7) is 6.26. The minimum atomic E-state index is -3.01. The number of nitrogens with one attached hydrogen (secondary N) is 1. The van der Waals surface area contributed by atoms with Gasteiger partial charge in [0.1, 0.15) is 10.8 Å². The smallest absolute Gasteiger partial charge is 0.258 e. The summed E-state index contributed by atoms with van der Waals surface area (Å²) in [6, 6.07) is 7.14. The van der Waals surface area contributed by atoms with Crippen LogP contribution in [0.4, 0.5) is 0 Å². The Labute approximate surface area is 163 Å². The fourth-order valence-corrected chi connectivity index (χ4v) is 5.50. The number of sulfone groups is 1. The number of thiazole rings is 1. The van der Waals surface area contributed by atoms with Gasteiger partial charge in [-0.3, -0.25) is 4.79 Å². The van der Waals surface area contributed by atoms with E-state index in [1.807, 2.05) is 12.1 Å². The van der Waals surface area contributed by atoms with E-state index in [0.717, 1.165) is 16.3 Å². The van der Waals surface area contributed by atoms with Crippen LogP contribution in [0.1, 0.15) is 32.9 Å². The first-order valence-corrected chi connectivity index (χ1v) is 11.5. The lowest BCUT2D eigenvalue weighted by Gasteiger charge is -2.14. The molecule has 1 aromatic heterocycles. The molecule has 8 heteroatoms. The molecule has 1 atom stereocenters. The predicted octanol–water partition coefficient (Wildman–Crippen LogP) is 2.79. The van der Waals surface area contributed by atoms with E-state index in [4.69, 9.17) is 4.74 Å². The Balaban J connectivity index is 1.53. The quantitative estimate of drug-likeness (QED) is 0.822. The highest BCUT2D eigenvalue weighted by molar-refractivity contribution is 7.91. The first-order valence-electron chi connectivity index (χ1n) is 8.81. The molecule has 0 unspecified atom stereocenters. The second-order valence-corrected chi connectivity index (χ2v) is 10.9.